The lowest BCUT2D eigenvalue weighted by atomic mass is 10.3. The number of aromatic nitrogens is 2. The third-order valence-electron chi connectivity index (χ3n) is 1.46. The van der Waals surface area contributed by atoms with Gasteiger partial charge < -0.3 is 4.52 Å². The number of pyridine rings is 1. The van der Waals surface area contributed by atoms with E-state index in [4.69, 9.17) is 4.52 Å². The van der Waals surface area contributed by atoms with E-state index < -0.39 is 0 Å². The van der Waals surface area contributed by atoms with Crippen LogP contribution >= 0.6 is 0 Å². The van der Waals surface area contributed by atoms with Crippen molar-refractivity contribution in [3.8, 4) is 0 Å². The molecule has 0 spiro atoms. The number of hydrogen-bond acceptors (Lipinski definition) is 3. The summed E-state index contributed by atoms with van der Waals surface area (Å²) in [5.41, 5.74) is 1.66. The molecule has 12 heavy (non-hydrogen) atoms. The molecule has 0 radical (unpaired) electrons. The fourth-order valence-corrected chi connectivity index (χ4v) is 0.918. The van der Waals surface area contributed by atoms with Crippen molar-refractivity contribution in [2.24, 2.45) is 0 Å². The third kappa shape index (κ3) is 1.44. The molecule has 0 unspecified atom stereocenters. The smallest absolute Gasteiger partial charge is 0.185 e. The summed E-state index contributed by atoms with van der Waals surface area (Å²) in [6.45, 7) is 5.91. The van der Waals surface area contributed by atoms with Gasteiger partial charge in [-0.25, -0.2) is 0 Å². The zero-order valence-corrected chi connectivity index (χ0v) is 7.53. The minimum atomic E-state index is 0.750. The summed E-state index contributed by atoms with van der Waals surface area (Å²) in [5, 5.41) is 4.82. The van der Waals surface area contributed by atoms with Crippen LogP contribution in [0.25, 0.3) is 11.0 Å². The maximum absolute atomic E-state index is 4.94. The second kappa shape index (κ2) is 3.85. The average molecular weight is 164 g/mol. The number of hydrogen-bond donors (Lipinski definition) is 0. The zero-order valence-electron chi connectivity index (χ0n) is 7.53. The van der Waals surface area contributed by atoms with Crippen LogP contribution in [-0.2, 0) is 0 Å². The predicted molar refractivity (Wildman–Crippen MR) is 47.9 cm³/mol. The quantitative estimate of drug-likeness (QED) is 0.600. The van der Waals surface area contributed by atoms with E-state index in [0.717, 1.165) is 16.7 Å². The van der Waals surface area contributed by atoms with Crippen LogP contribution in [0.2, 0.25) is 0 Å². The lowest BCUT2D eigenvalue weighted by Crippen LogP contribution is -1.70. The number of rotatable bonds is 0. The summed E-state index contributed by atoms with van der Waals surface area (Å²) in [6, 6.07) is 1.89. The molecule has 2 rings (SSSR count). The van der Waals surface area contributed by atoms with Gasteiger partial charge in [-0.2, -0.15) is 0 Å². The Morgan fingerprint density at radius 2 is 2.08 bits per heavy atom. The van der Waals surface area contributed by atoms with Crippen molar-refractivity contribution in [1.29, 1.82) is 0 Å². The lowest BCUT2D eigenvalue weighted by Gasteiger charge is -1.81. The molecule has 3 heteroatoms. The van der Waals surface area contributed by atoms with Gasteiger partial charge in [0.05, 0.1) is 11.9 Å². The van der Waals surface area contributed by atoms with Crippen molar-refractivity contribution < 1.29 is 4.52 Å². The Bertz CT molecular complexity index is 354. The van der Waals surface area contributed by atoms with Crippen molar-refractivity contribution in [1.82, 2.24) is 10.1 Å². The molecule has 0 bridgehead atoms. The molecular formula is C9H12N2O. The second-order valence-electron chi connectivity index (χ2n) is 2.14. The van der Waals surface area contributed by atoms with Crippen LogP contribution in [0.4, 0.5) is 0 Å². The molecule has 2 heterocycles. The van der Waals surface area contributed by atoms with E-state index in [1.54, 1.807) is 12.4 Å². The second-order valence-corrected chi connectivity index (χ2v) is 2.14. The predicted octanol–water partition coefficient (Wildman–Crippen LogP) is 2.56. The molecule has 0 N–H and O–H groups in total. The summed E-state index contributed by atoms with van der Waals surface area (Å²) in [5.74, 6) is 0. The summed E-state index contributed by atoms with van der Waals surface area (Å²) in [7, 11) is 0. The van der Waals surface area contributed by atoms with E-state index in [0.29, 0.717) is 0 Å². The van der Waals surface area contributed by atoms with Gasteiger partial charge >= 0.3 is 0 Å². The standard InChI is InChI=1S/C7H6N2O.C2H6/c1-5-6-2-3-8-4-7(6)10-9-5;1-2/h2-4H,1H3;1-2H3. The van der Waals surface area contributed by atoms with Crippen LogP contribution in [0.15, 0.2) is 23.0 Å². The fraction of sp³-hybridized carbons (Fsp3) is 0.333. The molecule has 64 valence electrons. The molecule has 0 aliphatic rings. The first-order chi connectivity index (χ1) is 5.88. The Labute approximate surface area is 71.4 Å². The van der Waals surface area contributed by atoms with Gasteiger partial charge in [-0.05, 0) is 13.0 Å². The van der Waals surface area contributed by atoms with E-state index >= 15 is 0 Å². The molecular weight excluding hydrogens is 152 g/mol. The maximum Gasteiger partial charge on any atom is 0.185 e. The highest BCUT2D eigenvalue weighted by Gasteiger charge is 2.00. The van der Waals surface area contributed by atoms with Crippen molar-refractivity contribution >= 4 is 11.0 Å². The van der Waals surface area contributed by atoms with Crippen molar-refractivity contribution in [3.05, 3.63) is 24.2 Å². The van der Waals surface area contributed by atoms with Gasteiger partial charge in [-0.3, -0.25) is 4.98 Å². The lowest BCUT2D eigenvalue weighted by molar-refractivity contribution is 0.449. The van der Waals surface area contributed by atoms with Crippen LogP contribution in [0, 0.1) is 6.92 Å². The molecule has 0 fully saturated rings. The Morgan fingerprint density at radius 1 is 1.33 bits per heavy atom. The molecule has 0 atom stereocenters. The first kappa shape index (κ1) is 8.71. The van der Waals surface area contributed by atoms with Gasteiger partial charge in [0.1, 0.15) is 0 Å². The number of fused-ring (bicyclic) bond motifs is 1. The fourth-order valence-electron chi connectivity index (χ4n) is 0.918. The molecule has 2 aromatic rings. The van der Waals surface area contributed by atoms with Crippen LogP contribution in [-0.4, -0.2) is 10.1 Å². The largest absolute Gasteiger partial charge is 0.354 e. The minimum Gasteiger partial charge on any atom is -0.354 e. The van der Waals surface area contributed by atoms with Crippen molar-refractivity contribution in [2.75, 3.05) is 0 Å². The van der Waals surface area contributed by atoms with E-state index in [1.165, 1.54) is 0 Å². The van der Waals surface area contributed by atoms with Gasteiger partial charge in [-0.1, -0.05) is 19.0 Å². The van der Waals surface area contributed by atoms with Gasteiger partial charge in [-0.15, -0.1) is 0 Å². The normalized spacial score (nSPS) is 9.25. The Morgan fingerprint density at radius 3 is 2.75 bits per heavy atom. The molecule has 0 saturated carbocycles. The van der Waals surface area contributed by atoms with Crippen molar-refractivity contribution in [3.63, 3.8) is 0 Å². The molecule has 0 saturated heterocycles. The molecule has 2 aromatic heterocycles. The summed E-state index contributed by atoms with van der Waals surface area (Å²) < 4.78 is 4.94. The Hall–Kier alpha value is -1.38. The Kier molecular flexibility index (Phi) is 2.80. The first-order valence-electron chi connectivity index (χ1n) is 4.04. The van der Waals surface area contributed by atoms with Crippen LogP contribution in [0.1, 0.15) is 19.5 Å². The maximum atomic E-state index is 4.94. The SMILES string of the molecule is CC.Cc1noc2cnccc12. The highest BCUT2D eigenvalue weighted by molar-refractivity contribution is 5.77. The topological polar surface area (TPSA) is 38.9 Å². The molecule has 0 amide bonds. The zero-order chi connectivity index (χ0) is 8.97. The minimum absolute atomic E-state index is 0.750. The molecule has 0 aromatic carbocycles. The number of nitrogens with zero attached hydrogens (tertiary/aromatic N) is 2. The van der Waals surface area contributed by atoms with E-state index in [9.17, 15) is 0 Å². The van der Waals surface area contributed by atoms with E-state index in [2.05, 4.69) is 10.1 Å². The van der Waals surface area contributed by atoms with Crippen molar-refractivity contribution in [2.45, 2.75) is 20.8 Å². The van der Waals surface area contributed by atoms with Crippen LogP contribution < -0.4 is 0 Å². The van der Waals surface area contributed by atoms with E-state index in [-0.39, 0.29) is 0 Å². The highest BCUT2D eigenvalue weighted by Crippen LogP contribution is 2.14. The summed E-state index contributed by atoms with van der Waals surface area (Å²) in [4.78, 5) is 3.89. The van der Waals surface area contributed by atoms with Gasteiger partial charge in [0.2, 0.25) is 0 Å². The van der Waals surface area contributed by atoms with Gasteiger partial charge in [0.25, 0.3) is 0 Å². The van der Waals surface area contributed by atoms with Crippen LogP contribution in [0.3, 0.4) is 0 Å². The van der Waals surface area contributed by atoms with Gasteiger partial charge in [0.15, 0.2) is 5.58 Å². The summed E-state index contributed by atoms with van der Waals surface area (Å²) >= 11 is 0. The van der Waals surface area contributed by atoms with Gasteiger partial charge in [0, 0.05) is 11.6 Å². The summed E-state index contributed by atoms with van der Waals surface area (Å²) in [6.07, 6.45) is 3.39. The monoisotopic (exact) mass is 164 g/mol. The van der Waals surface area contributed by atoms with E-state index in [1.807, 2.05) is 26.8 Å². The number of aryl methyl sites for hydroxylation is 1. The van der Waals surface area contributed by atoms with Crippen LogP contribution in [0.5, 0.6) is 0 Å². The molecule has 3 nitrogen and oxygen atoms in total. The average Bonchev–Trinajstić information content (AvgIpc) is 2.53. The Balaban J connectivity index is 0.000000336. The third-order valence-corrected chi connectivity index (χ3v) is 1.46. The molecule has 0 aliphatic heterocycles. The first-order valence-corrected chi connectivity index (χ1v) is 4.04. The molecule has 0 aliphatic carbocycles. The highest BCUT2D eigenvalue weighted by atomic mass is 16.5.